The lowest BCUT2D eigenvalue weighted by molar-refractivity contribution is -0.884. The number of hydrogen-bond acceptors (Lipinski definition) is 3. The molecule has 0 saturated carbocycles. The third-order valence-electron chi connectivity index (χ3n) is 4.85. The Balaban J connectivity index is 1.64. The minimum Gasteiger partial charge on any atom is -0.335 e. The second-order valence-electron chi connectivity index (χ2n) is 7.19. The van der Waals surface area contributed by atoms with Crippen molar-refractivity contribution < 1.29 is 9.69 Å². The monoisotopic (exact) mass is 388 g/mol. The Hall–Kier alpha value is -2.15. The highest BCUT2D eigenvalue weighted by molar-refractivity contribution is 6.31. The van der Waals surface area contributed by atoms with Crippen molar-refractivity contribution in [2.24, 2.45) is 0 Å². The van der Waals surface area contributed by atoms with E-state index in [4.69, 9.17) is 11.6 Å². The number of benzene rings is 1. The number of aromatic nitrogens is 2. The molecule has 0 spiro atoms. The molecule has 0 atom stereocenters. The number of rotatable bonds is 5. The number of quaternary nitrogens is 1. The van der Waals surface area contributed by atoms with Crippen LogP contribution in [0.5, 0.6) is 0 Å². The van der Waals surface area contributed by atoms with E-state index < -0.39 is 0 Å². The fourth-order valence-electron chi connectivity index (χ4n) is 3.08. The average molecular weight is 389 g/mol. The maximum Gasteiger partial charge on any atom is 0.258 e. The number of nitrogens with one attached hydrogen (secondary N) is 2. The van der Waals surface area contributed by atoms with Gasteiger partial charge in [0.1, 0.15) is 5.15 Å². The van der Waals surface area contributed by atoms with Crippen molar-refractivity contribution in [2.75, 3.05) is 33.2 Å². The topological polar surface area (TPSA) is 54.6 Å². The van der Waals surface area contributed by atoms with Gasteiger partial charge in [-0.2, -0.15) is 5.10 Å². The van der Waals surface area contributed by atoms with E-state index in [1.54, 1.807) is 10.8 Å². The van der Waals surface area contributed by atoms with Crippen LogP contribution in [0.4, 0.5) is 0 Å². The van der Waals surface area contributed by atoms with Gasteiger partial charge in [-0.1, -0.05) is 41.4 Å². The highest BCUT2D eigenvalue weighted by Gasteiger charge is 2.17. The van der Waals surface area contributed by atoms with Crippen molar-refractivity contribution in [1.29, 1.82) is 0 Å². The lowest BCUT2D eigenvalue weighted by Crippen LogP contribution is -3.12. The zero-order valence-electron chi connectivity index (χ0n) is 16.1. The summed E-state index contributed by atoms with van der Waals surface area (Å²) in [5, 5.41) is 7.03. The Morgan fingerprint density at radius 2 is 1.93 bits per heavy atom. The number of halogens is 1. The quantitative estimate of drug-likeness (QED) is 0.753. The number of likely N-dealkylation sites (N-methyl/N-ethyl adjacent to an activating group) is 1. The summed E-state index contributed by atoms with van der Waals surface area (Å²) in [4.78, 5) is 13.7. The van der Waals surface area contributed by atoms with Crippen LogP contribution in [-0.4, -0.2) is 53.9 Å². The van der Waals surface area contributed by atoms with Crippen molar-refractivity contribution in [3.8, 4) is 0 Å². The zero-order chi connectivity index (χ0) is 19.4. The predicted molar refractivity (Wildman–Crippen MR) is 108 cm³/mol. The summed E-state index contributed by atoms with van der Waals surface area (Å²) in [5.41, 5.74) is 6.86. The molecule has 1 aliphatic rings. The molecule has 0 radical (unpaired) electrons. The van der Waals surface area contributed by atoms with Crippen LogP contribution in [0.25, 0.3) is 6.08 Å². The molecule has 1 aliphatic heterocycles. The summed E-state index contributed by atoms with van der Waals surface area (Å²) in [7, 11) is 2.16. The van der Waals surface area contributed by atoms with Gasteiger partial charge in [0.2, 0.25) is 0 Å². The molecule has 6 nitrogen and oxygen atoms in total. The van der Waals surface area contributed by atoms with Crippen molar-refractivity contribution in [1.82, 2.24) is 20.2 Å². The van der Waals surface area contributed by atoms with Gasteiger partial charge in [0.15, 0.2) is 0 Å². The third-order valence-corrected chi connectivity index (χ3v) is 5.25. The van der Waals surface area contributed by atoms with Crippen LogP contribution >= 0.6 is 11.6 Å². The molecular weight excluding hydrogens is 362 g/mol. The van der Waals surface area contributed by atoms with Gasteiger partial charge >= 0.3 is 0 Å². The molecule has 1 aromatic heterocycles. The smallest absolute Gasteiger partial charge is 0.258 e. The van der Waals surface area contributed by atoms with Gasteiger partial charge < -0.3 is 4.90 Å². The van der Waals surface area contributed by atoms with Gasteiger partial charge in [-0.15, -0.1) is 0 Å². The number of aryl methyl sites for hydroxylation is 2. The van der Waals surface area contributed by atoms with Crippen LogP contribution in [0.2, 0.25) is 5.15 Å². The van der Waals surface area contributed by atoms with E-state index in [9.17, 15) is 4.79 Å². The van der Waals surface area contributed by atoms with E-state index in [0.29, 0.717) is 11.7 Å². The summed E-state index contributed by atoms with van der Waals surface area (Å²) in [6.45, 7) is 8.34. The van der Waals surface area contributed by atoms with E-state index in [0.717, 1.165) is 43.0 Å². The average Bonchev–Trinajstić information content (AvgIpc) is 2.90. The summed E-state index contributed by atoms with van der Waals surface area (Å²) in [5.74, 6) is -0.142. The van der Waals surface area contributed by atoms with Crippen LogP contribution in [0.3, 0.4) is 0 Å². The zero-order valence-corrected chi connectivity index (χ0v) is 16.9. The van der Waals surface area contributed by atoms with Gasteiger partial charge in [-0.25, -0.2) is 9.69 Å². The van der Waals surface area contributed by atoms with Crippen molar-refractivity contribution in [3.05, 3.63) is 57.9 Å². The molecule has 1 saturated heterocycles. The minimum atomic E-state index is -0.142. The van der Waals surface area contributed by atoms with Gasteiger partial charge in [-0.3, -0.25) is 10.2 Å². The number of carbonyl (C=O) groups is 1. The predicted octanol–water partition coefficient (Wildman–Crippen LogP) is 1.08. The maximum atomic E-state index is 12.2. The van der Waals surface area contributed by atoms with Crippen molar-refractivity contribution >= 4 is 23.6 Å². The Morgan fingerprint density at radius 1 is 1.26 bits per heavy atom. The standard InChI is InChI=1S/C20H26ClN5O/c1-15-4-6-17(7-5-15)14-26-20(21)18(16(2)22-26)8-9-19(27)23-25-12-10-24(3)11-13-25/h4-9H,10-14H2,1-3H3,(H,23,27)/p+1/b9-8+. The van der Waals surface area contributed by atoms with E-state index in [1.807, 2.05) is 11.9 Å². The molecule has 1 fully saturated rings. The van der Waals surface area contributed by atoms with Gasteiger partial charge in [0, 0.05) is 11.6 Å². The Morgan fingerprint density at radius 3 is 2.59 bits per heavy atom. The number of hydrazine groups is 1. The van der Waals surface area contributed by atoms with Gasteiger partial charge in [0.05, 0.1) is 45.5 Å². The Bertz CT molecular complexity index is 820. The molecule has 2 N–H and O–H groups in total. The van der Waals surface area contributed by atoms with Crippen LogP contribution in [0.15, 0.2) is 30.3 Å². The lowest BCUT2D eigenvalue weighted by atomic mass is 10.1. The molecule has 2 aromatic rings. The van der Waals surface area contributed by atoms with E-state index in [2.05, 4.69) is 48.8 Å². The van der Waals surface area contributed by atoms with Crippen LogP contribution in [-0.2, 0) is 11.3 Å². The molecule has 1 aromatic carbocycles. The number of hydrogen-bond donors (Lipinski definition) is 2. The Labute approximate surface area is 165 Å². The van der Waals surface area contributed by atoms with Crippen molar-refractivity contribution in [3.63, 3.8) is 0 Å². The minimum absolute atomic E-state index is 0.142. The van der Waals surface area contributed by atoms with Crippen LogP contribution in [0, 0.1) is 13.8 Å². The third kappa shape index (κ3) is 5.19. The van der Waals surface area contributed by atoms with Gasteiger partial charge in [-0.05, 0) is 25.5 Å². The van der Waals surface area contributed by atoms with E-state index >= 15 is 0 Å². The number of amides is 1. The van der Waals surface area contributed by atoms with Crippen LogP contribution in [0.1, 0.15) is 22.4 Å². The normalized spacial score (nSPS) is 16.1. The molecule has 144 valence electrons. The van der Waals surface area contributed by atoms with Crippen LogP contribution < -0.4 is 10.3 Å². The molecule has 27 heavy (non-hydrogen) atoms. The van der Waals surface area contributed by atoms with Crippen molar-refractivity contribution in [2.45, 2.75) is 20.4 Å². The molecule has 1 amide bonds. The molecule has 0 aliphatic carbocycles. The fourth-order valence-corrected chi connectivity index (χ4v) is 3.38. The first-order chi connectivity index (χ1) is 12.9. The lowest BCUT2D eigenvalue weighted by Gasteiger charge is -2.29. The van der Waals surface area contributed by atoms with Gasteiger partial charge in [0.25, 0.3) is 5.91 Å². The molecule has 0 bridgehead atoms. The highest BCUT2D eigenvalue weighted by Crippen LogP contribution is 2.22. The maximum absolute atomic E-state index is 12.2. The first kappa shape index (κ1) is 19.6. The summed E-state index contributed by atoms with van der Waals surface area (Å²) < 4.78 is 1.77. The highest BCUT2D eigenvalue weighted by atomic mass is 35.5. The fraction of sp³-hybridized carbons (Fsp3) is 0.400. The number of piperazine rings is 1. The summed E-state index contributed by atoms with van der Waals surface area (Å²) >= 11 is 6.51. The molecule has 2 heterocycles. The molecule has 7 heteroatoms. The first-order valence-corrected chi connectivity index (χ1v) is 9.63. The van der Waals surface area contributed by atoms with E-state index in [1.165, 1.54) is 16.5 Å². The second kappa shape index (κ2) is 8.69. The largest absolute Gasteiger partial charge is 0.335 e. The molecular formula is C20H27ClN5O+. The second-order valence-corrected chi connectivity index (χ2v) is 7.54. The molecule has 3 rings (SSSR count). The molecule has 0 unspecified atom stereocenters. The summed E-state index contributed by atoms with van der Waals surface area (Å²) in [6.07, 6.45) is 3.27. The number of carbonyl (C=O) groups excluding carboxylic acids is 1. The SMILES string of the molecule is Cc1ccc(Cn2nc(C)c(/C=C/C(=O)NN3CC[NH+](C)CC3)c2Cl)cc1. The Kier molecular flexibility index (Phi) is 6.31. The number of nitrogens with zero attached hydrogens (tertiary/aromatic N) is 3. The summed E-state index contributed by atoms with van der Waals surface area (Å²) in [6, 6.07) is 8.29. The first-order valence-electron chi connectivity index (χ1n) is 9.26. The van der Waals surface area contributed by atoms with E-state index in [-0.39, 0.29) is 5.91 Å².